The number of hydrogen-bond acceptors (Lipinski definition) is 4. The summed E-state index contributed by atoms with van der Waals surface area (Å²) in [6, 6.07) is 2.73. The number of amides is 1. The number of nitro groups is 1. The van der Waals surface area contributed by atoms with Gasteiger partial charge in [0.25, 0.3) is 11.6 Å². The maximum Gasteiger partial charge on any atom is 0.326 e. The van der Waals surface area contributed by atoms with Crippen LogP contribution >= 0.6 is 15.9 Å². The van der Waals surface area contributed by atoms with Crippen molar-refractivity contribution in [2.75, 3.05) is 0 Å². The van der Waals surface area contributed by atoms with E-state index in [9.17, 15) is 19.7 Å². The molecule has 2 N–H and O–H groups in total. The predicted molar refractivity (Wildman–Crippen MR) is 79.1 cm³/mol. The van der Waals surface area contributed by atoms with Crippen LogP contribution in [-0.2, 0) is 4.79 Å². The van der Waals surface area contributed by atoms with Gasteiger partial charge >= 0.3 is 5.97 Å². The quantitative estimate of drug-likeness (QED) is 0.599. The van der Waals surface area contributed by atoms with Gasteiger partial charge in [-0.05, 0) is 12.0 Å². The van der Waals surface area contributed by atoms with Crippen LogP contribution in [0.4, 0.5) is 5.69 Å². The number of aliphatic carboxylic acids is 1. The molecule has 1 aromatic rings. The number of nitrogens with one attached hydrogen (secondary N) is 1. The zero-order valence-electron chi connectivity index (χ0n) is 11.5. The molecule has 2 atom stereocenters. The highest BCUT2D eigenvalue weighted by Gasteiger charge is 2.26. The van der Waals surface area contributed by atoms with Crippen molar-refractivity contribution in [3.63, 3.8) is 0 Å². The first-order valence-electron chi connectivity index (χ1n) is 6.25. The summed E-state index contributed by atoms with van der Waals surface area (Å²) in [5.74, 6) is -2.05. The summed E-state index contributed by atoms with van der Waals surface area (Å²) in [7, 11) is 0. The Hall–Kier alpha value is -1.96. The molecule has 1 rings (SSSR count). The molecule has 0 aromatic heterocycles. The van der Waals surface area contributed by atoms with Gasteiger partial charge in [0.15, 0.2) is 0 Å². The molecular weight excluding hydrogens is 344 g/mol. The fraction of sp³-hybridized carbons (Fsp3) is 0.385. The van der Waals surface area contributed by atoms with Gasteiger partial charge in [0.05, 0.1) is 4.92 Å². The predicted octanol–water partition coefficient (Wildman–Crippen LogP) is 2.59. The van der Waals surface area contributed by atoms with Gasteiger partial charge in [0.1, 0.15) is 6.04 Å². The van der Waals surface area contributed by atoms with E-state index in [0.717, 1.165) is 6.07 Å². The molecule has 114 valence electrons. The number of nitrogens with zero attached hydrogens (tertiary/aromatic N) is 1. The second-order valence-corrected chi connectivity index (χ2v) is 5.55. The van der Waals surface area contributed by atoms with Crippen LogP contribution in [0.15, 0.2) is 22.7 Å². The largest absolute Gasteiger partial charge is 0.480 e. The average Bonchev–Trinajstić information content (AvgIpc) is 2.42. The van der Waals surface area contributed by atoms with E-state index in [1.54, 1.807) is 6.92 Å². The fourth-order valence-corrected chi connectivity index (χ4v) is 2.20. The van der Waals surface area contributed by atoms with Crippen LogP contribution in [0.25, 0.3) is 0 Å². The third kappa shape index (κ3) is 4.52. The Morgan fingerprint density at radius 1 is 1.43 bits per heavy atom. The molecule has 0 aliphatic rings. The minimum Gasteiger partial charge on any atom is -0.480 e. The molecule has 0 saturated carbocycles. The fourth-order valence-electron chi connectivity index (χ4n) is 1.72. The average molecular weight is 359 g/mol. The molecule has 7 nitrogen and oxygen atoms in total. The summed E-state index contributed by atoms with van der Waals surface area (Å²) in [6.07, 6.45) is 0.579. The summed E-state index contributed by atoms with van der Waals surface area (Å²) < 4.78 is 0.372. The topological polar surface area (TPSA) is 110 Å². The Balaban J connectivity index is 3.03. The lowest BCUT2D eigenvalue weighted by atomic mass is 9.99. The van der Waals surface area contributed by atoms with Crippen molar-refractivity contribution in [2.24, 2.45) is 5.92 Å². The molecule has 0 saturated heterocycles. The van der Waals surface area contributed by atoms with Crippen molar-refractivity contribution in [1.29, 1.82) is 0 Å². The van der Waals surface area contributed by atoms with Crippen molar-refractivity contribution in [1.82, 2.24) is 5.32 Å². The first-order valence-corrected chi connectivity index (χ1v) is 7.04. The smallest absolute Gasteiger partial charge is 0.326 e. The summed E-state index contributed by atoms with van der Waals surface area (Å²) in [5.41, 5.74) is -0.212. The minimum absolute atomic E-state index is 0.0330. The number of hydrogen-bond donors (Lipinski definition) is 2. The van der Waals surface area contributed by atoms with Crippen molar-refractivity contribution in [2.45, 2.75) is 26.3 Å². The van der Waals surface area contributed by atoms with Crippen LogP contribution in [0, 0.1) is 16.0 Å². The van der Waals surface area contributed by atoms with Gasteiger partial charge in [-0.1, -0.05) is 36.2 Å². The number of carboxylic acids is 1. The highest BCUT2D eigenvalue weighted by Crippen LogP contribution is 2.21. The lowest BCUT2D eigenvalue weighted by Gasteiger charge is -2.20. The molecule has 0 heterocycles. The van der Waals surface area contributed by atoms with Crippen molar-refractivity contribution in [3.05, 3.63) is 38.3 Å². The van der Waals surface area contributed by atoms with E-state index in [-0.39, 0.29) is 17.2 Å². The van der Waals surface area contributed by atoms with Crippen LogP contribution < -0.4 is 5.32 Å². The molecule has 0 spiro atoms. The lowest BCUT2D eigenvalue weighted by molar-refractivity contribution is -0.385. The van der Waals surface area contributed by atoms with Crippen molar-refractivity contribution in [3.8, 4) is 0 Å². The summed E-state index contributed by atoms with van der Waals surface area (Å²) in [5, 5.41) is 22.3. The third-order valence-electron chi connectivity index (χ3n) is 3.12. The summed E-state index contributed by atoms with van der Waals surface area (Å²) in [6.45, 7) is 3.53. The molecular formula is C13H15BrN2O5. The van der Waals surface area contributed by atoms with Crippen LogP contribution in [0.3, 0.4) is 0 Å². The SMILES string of the molecule is CCC(C)C(NC(=O)c1cc(Br)cc([N+](=O)[O-])c1)C(=O)O. The molecule has 0 radical (unpaired) electrons. The maximum atomic E-state index is 12.1. The van der Waals surface area contributed by atoms with E-state index < -0.39 is 22.8 Å². The van der Waals surface area contributed by atoms with Gasteiger partial charge in [-0.25, -0.2) is 4.79 Å². The number of carbonyl (C=O) groups excluding carboxylic acids is 1. The molecule has 0 aliphatic carbocycles. The Bertz CT molecular complexity index is 576. The van der Waals surface area contributed by atoms with Crippen LogP contribution in [0.5, 0.6) is 0 Å². The third-order valence-corrected chi connectivity index (χ3v) is 3.58. The van der Waals surface area contributed by atoms with Gasteiger partial charge in [-0.3, -0.25) is 14.9 Å². The van der Waals surface area contributed by atoms with Crippen molar-refractivity contribution >= 4 is 33.5 Å². The number of carboxylic acid groups (broad SMARTS) is 1. The Labute approximate surface area is 129 Å². The van der Waals surface area contributed by atoms with E-state index in [4.69, 9.17) is 5.11 Å². The van der Waals surface area contributed by atoms with E-state index in [1.807, 2.05) is 6.92 Å². The van der Waals surface area contributed by atoms with E-state index >= 15 is 0 Å². The highest BCUT2D eigenvalue weighted by molar-refractivity contribution is 9.10. The van der Waals surface area contributed by atoms with Gasteiger partial charge in [0.2, 0.25) is 0 Å². The number of benzene rings is 1. The van der Waals surface area contributed by atoms with Crippen LogP contribution in [0.1, 0.15) is 30.6 Å². The second kappa shape index (κ2) is 7.16. The monoisotopic (exact) mass is 358 g/mol. The second-order valence-electron chi connectivity index (χ2n) is 4.63. The first kappa shape index (κ1) is 17.1. The minimum atomic E-state index is -1.14. The summed E-state index contributed by atoms with van der Waals surface area (Å²) >= 11 is 3.09. The molecule has 21 heavy (non-hydrogen) atoms. The Morgan fingerprint density at radius 2 is 2.05 bits per heavy atom. The lowest BCUT2D eigenvalue weighted by Crippen LogP contribution is -2.45. The molecule has 0 bridgehead atoms. The molecule has 2 unspecified atom stereocenters. The van der Waals surface area contributed by atoms with Gasteiger partial charge in [-0.15, -0.1) is 0 Å². The van der Waals surface area contributed by atoms with Crippen LogP contribution in [0.2, 0.25) is 0 Å². The number of non-ortho nitro benzene ring substituents is 1. The zero-order valence-corrected chi connectivity index (χ0v) is 13.1. The standard InChI is InChI=1S/C13H15BrN2O5/c1-3-7(2)11(13(18)19)15-12(17)8-4-9(14)6-10(5-8)16(20)21/h4-7,11H,3H2,1-2H3,(H,15,17)(H,18,19). The zero-order chi connectivity index (χ0) is 16.2. The molecule has 0 fully saturated rings. The number of halogens is 1. The van der Waals surface area contributed by atoms with Gasteiger partial charge < -0.3 is 10.4 Å². The molecule has 8 heteroatoms. The van der Waals surface area contributed by atoms with E-state index in [1.165, 1.54) is 12.1 Å². The molecule has 0 aliphatic heterocycles. The van der Waals surface area contributed by atoms with E-state index in [2.05, 4.69) is 21.2 Å². The number of rotatable bonds is 6. The first-order chi connectivity index (χ1) is 9.76. The van der Waals surface area contributed by atoms with Gasteiger partial charge in [-0.2, -0.15) is 0 Å². The Kier molecular flexibility index (Phi) is 5.83. The molecule has 1 aromatic carbocycles. The number of carbonyl (C=O) groups is 2. The number of nitro benzene ring substituents is 1. The maximum absolute atomic E-state index is 12.1. The normalized spacial score (nSPS) is 13.3. The van der Waals surface area contributed by atoms with Crippen molar-refractivity contribution < 1.29 is 19.6 Å². The van der Waals surface area contributed by atoms with Gasteiger partial charge in [0, 0.05) is 22.2 Å². The highest BCUT2D eigenvalue weighted by atomic mass is 79.9. The van der Waals surface area contributed by atoms with E-state index in [0.29, 0.717) is 10.9 Å². The van der Waals surface area contributed by atoms with Crippen LogP contribution in [-0.4, -0.2) is 27.9 Å². The Morgan fingerprint density at radius 3 is 2.52 bits per heavy atom. The molecule has 1 amide bonds. The summed E-state index contributed by atoms with van der Waals surface area (Å²) in [4.78, 5) is 33.4.